The number of hydrogen-bond acceptors (Lipinski definition) is 2. The van der Waals surface area contributed by atoms with E-state index in [1.54, 1.807) is 0 Å². The summed E-state index contributed by atoms with van der Waals surface area (Å²) in [6.07, 6.45) is 0. The van der Waals surface area contributed by atoms with Crippen molar-refractivity contribution >= 4 is 16.7 Å². The van der Waals surface area contributed by atoms with E-state index < -0.39 is 0 Å². The Balaban J connectivity index is 1.73. The second-order valence-electron chi connectivity index (χ2n) is 6.66. The highest BCUT2D eigenvalue weighted by Crippen LogP contribution is 2.19. The van der Waals surface area contributed by atoms with Crippen LogP contribution in [0.2, 0.25) is 0 Å². The molecule has 25 heavy (non-hydrogen) atoms. The Bertz CT molecular complexity index is 869. The van der Waals surface area contributed by atoms with Crippen molar-refractivity contribution in [3.05, 3.63) is 83.4 Å². The minimum Gasteiger partial charge on any atom is -0.350 e. The molecule has 0 aliphatic heterocycles. The lowest BCUT2D eigenvalue weighted by atomic mass is 10.0. The molecule has 0 radical (unpaired) electrons. The molecule has 0 heterocycles. The minimum absolute atomic E-state index is 0.0373. The number of fused-ring (bicyclic) bond motifs is 1. The second kappa shape index (κ2) is 7.49. The molecule has 128 valence electrons. The summed E-state index contributed by atoms with van der Waals surface area (Å²) < 4.78 is 0. The molecule has 0 bridgehead atoms. The Kier molecular flexibility index (Phi) is 5.15. The van der Waals surface area contributed by atoms with E-state index in [4.69, 9.17) is 0 Å². The van der Waals surface area contributed by atoms with Gasteiger partial charge in [0.1, 0.15) is 0 Å². The number of amides is 1. The van der Waals surface area contributed by atoms with Crippen molar-refractivity contribution in [1.82, 2.24) is 10.2 Å². The third-order valence-corrected chi connectivity index (χ3v) is 4.55. The summed E-state index contributed by atoms with van der Waals surface area (Å²) in [5, 5.41) is 5.30. The zero-order valence-corrected chi connectivity index (χ0v) is 15.0. The van der Waals surface area contributed by atoms with Crippen LogP contribution in [0.1, 0.15) is 27.5 Å². The van der Waals surface area contributed by atoms with Gasteiger partial charge in [-0.3, -0.25) is 4.79 Å². The number of benzene rings is 3. The van der Waals surface area contributed by atoms with Gasteiger partial charge >= 0.3 is 0 Å². The molecular weight excluding hydrogens is 308 g/mol. The van der Waals surface area contributed by atoms with Crippen LogP contribution in [0.5, 0.6) is 0 Å². The molecule has 3 rings (SSSR count). The zero-order chi connectivity index (χ0) is 17.8. The molecule has 0 unspecified atom stereocenters. The summed E-state index contributed by atoms with van der Waals surface area (Å²) >= 11 is 0. The predicted octanol–water partition coefficient (Wildman–Crippen LogP) is 4.18. The van der Waals surface area contributed by atoms with Crippen molar-refractivity contribution in [3.63, 3.8) is 0 Å². The molecule has 3 aromatic carbocycles. The molecule has 1 atom stereocenters. The standard InChI is InChI=1S/C22H24N2O/c1-16-8-10-18(11-9-16)21(24(2)3)15-23-22(25)20-13-12-17-6-4-5-7-19(17)14-20/h4-14,21H,15H2,1-3H3,(H,23,25)/t21-/m1/s1. The molecule has 1 amide bonds. The van der Waals surface area contributed by atoms with Crippen LogP contribution in [0.3, 0.4) is 0 Å². The summed E-state index contributed by atoms with van der Waals surface area (Å²) in [7, 11) is 4.07. The van der Waals surface area contributed by atoms with Gasteiger partial charge in [0, 0.05) is 12.1 Å². The Morgan fingerprint density at radius 2 is 1.64 bits per heavy atom. The zero-order valence-electron chi connectivity index (χ0n) is 15.0. The lowest BCUT2D eigenvalue weighted by Gasteiger charge is -2.25. The van der Waals surface area contributed by atoms with E-state index in [0.29, 0.717) is 12.1 Å². The van der Waals surface area contributed by atoms with Crippen LogP contribution < -0.4 is 5.32 Å². The van der Waals surface area contributed by atoms with Crippen LogP contribution in [0.15, 0.2) is 66.7 Å². The quantitative estimate of drug-likeness (QED) is 0.760. The van der Waals surface area contributed by atoms with Gasteiger partial charge in [-0.2, -0.15) is 0 Å². The molecule has 0 fully saturated rings. The minimum atomic E-state index is -0.0373. The number of carbonyl (C=O) groups excluding carboxylic acids is 1. The fraction of sp³-hybridized carbons (Fsp3) is 0.227. The molecule has 3 aromatic rings. The Labute approximate surface area is 149 Å². The maximum atomic E-state index is 12.6. The highest BCUT2D eigenvalue weighted by atomic mass is 16.1. The molecule has 0 saturated heterocycles. The van der Waals surface area contributed by atoms with Crippen LogP contribution in [0, 0.1) is 6.92 Å². The van der Waals surface area contributed by atoms with Crippen molar-refractivity contribution in [2.75, 3.05) is 20.6 Å². The van der Waals surface area contributed by atoms with Crippen molar-refractivity contribution in [2.45, 2.75) is 13.0 Å². The van der Waals surface area contributed by atoms with Crippen molar-refractivity contribution in [2.24, 2.45) is 0 Å². The summed E-state index contributed by atoms with van der Waals surface area (Å²) in [6, 6.07) is 22.5. The molecule has 0 aromatic heterocycles. The van der Waals surface area contributed by atoms with Crippen LogP contribution in [0.4, 0.5) is 0 Å². The third kappa shape index (κ3) is 4.06. The monoisotopic (exact) mass is 332 g/mol. The first-order valence-electron chi connectivity index (χ1n) is 8.54. The number of nitrogens with one attached hydrogen (secondary N) is 1. The van der Waals surface area contributed by atoms with Gasteiger partial charge in [0.2, 0.25) is 0 Å². The largest absolute Gasteiger partial charge is 0.350 e. The van der Waals surface area contributed by atoms with Crippen molar-refractivity contribution < 1.29 is 4.79 Å². The molecule has 0 saturated carbocycles. The highest BCUT2D eigenvalue weighted by molar-refractivity contribution is 5.98. The number of likely N-dealkylation sites (N-methyl/N-ethyl adjacent to an activating group) is 1. The van der Waals surface area contributed by atoms with E-state index in [-0.39, 0.29) is 11.9 Å². The number of rotatable bonds is 5. The number of aryl methyl sites for hydroxylation is 1. The summed E-state index contributed by atoms with van der Waals surface area (Å²) in [4.78, 5) is 14.7. The van der Waals surface area contributed by atoms with Crippen LogP contribution in [-0.2, 0) is 0 Å². The molecule has 0 aliphatic rings. The van der Waals surface area contributed by atoms with Gasteiger partial charge in [-0.05, 0) is 49.5 Å². The number of hydrogen-bond donors (Lipinski definition) is 1. The third-order valence-electron chi connectivity index (χ3n) is 4.55. The summed E-state index contributed by atoms with van der Waals surface area (Å²) in [5.41, 5.74) is 3.14. The van der Waals surface area contributed by atoms with Crippen molar-refractivity contribution in [1.29, 1.82) is 0 Å². The Morgan fingerprint density at radius 3 is 2.32 bits per heavy atom. The molecule has 3 heteroatoms. The van der Waals surface area contributed by atoms with Gasteiger partial charge in [-0.15, -0.1) is 0 Å². The summed E-state index contributed by atoms with van der Waals surface area (Å²) in [5.74, 6) is -0.0373. The number of carbonyl (C=O) groups is 1. The molecule has 0 spiro atoms. The van der Waals surface area contributed by atoms with Crippen molar-refractivity contribution in [3.8, 4) is 0 Å². The Morgan fingerprint density at radius 1 is 0.960 bits per heavy atom. The molecule has 3 nitrogen and oxygen atoms in total. The van der Waals surface area contributed by atoms with E-state index in [1.807, 2.05) is 50.5 Å². The first kappa shape index (κ1) is 17.2. The molecule has 1 N–H and O–H groups in total. The Hall–Kier alpha value is -2.65. The smallest absolute Gasteiger partial charge is 0.251 e. The second-order valence-corrected chi connectivity index (χ2v) is 6.66. The van der Waals surface area contributed by atoms with E-state index in [1.165, 1.54) is 11.1 Å². The predicted molar refractivity (Wildman–Crippen MR) is 104 cm³/mol. The first-order valence-corrected chi connectivity index (χ1v) is 8.54. The van der Waals surface area contributed by atoms with Gasteiger partial charge in [-0.1, -0.05) is 60.2 Å². The van der Waals surface area contributed by atoms with Gasteiger partial charge < -0.3 is 10.2 Å². The number of nitrogens with zero attached hydrogens (tertiary/aromatic N) is 1. The van der Waals surface area contributed by atoms with Crippen LogP contribution in [-0.4, -0.2) is 31.4 Å². The molecular formula is C22H24N2O. The highest BCUT2D eigenvalue weighted by Gasteiger charge is 2.16. The average Bonchev–Trinajstić information content (AvgIpc) is 2.62. The van der Waals surface area contributed by atoms with E-state index >= 15 is 0 Å². The van der Waals surface area contributed by atoms with Gasteiger partial charge in [0.15, 0.2) is 0 Å². The van der Waals surface area contributed by atoms with Crippen LogP contribution in [0.25, 0.3) is 10.8 Å². The topological polar surface area (TPSA) is 32.3 Å². The van der Waals surface area contributed by atoms with E-state index in [2.05, 4.69) is 47.5 Å². The summed E-state index contributed by atoms with van der Waals surface area (Å²) in [6.45, 7) is 2.65. The van der Waals surface area contributed by atoms with Gasteiger partial charge in [0.05, 0.1) is 6.04 Å². The van der Waals surface area contributed by atoms with E-state index in [9.17, 15) is 4.79 Å². The lowest BCUT2D eigenvalue weighted by molar-refractivity contribution is 0.0942. The maximum absolute atomic E-state index is 12.6. The lowest BCUT2D eigenvalue weighted by Crippen LogP contribution is -2.34. The SMILES string of the molecule is Cc1ccc([C@@H](CNC(=O)c2ccc3ccccc3c2)N(C)C)cc1. The fourth-order valence-corrected chi connectivity index (χ4v) is 3.01. The molecule has 0 aliphatic carbocycles. The van der Waals surface area contributed by atoms with Crippen LogP contribution >= 0.6 is 0 Å². The average molecular weight is 332 g/mol. The maximum Gasteiger partial charge on any atom is 0.251 e. The fourth-order valence-electron chi connectivity index (χ4n) is 3.01. The van der Waals surface area contributed by atoms with E-state index in [0.717, 1.165) is 10.8 Å². The van der Waals surface area contributed by atoms with Gasteiger partial charge in [0.25, 0.3) is 5.91 Å². The normalized spacial score (nSPS) is 12.3. The first-order chi connectivity index (χ1) is 12.0. The van der Waals surface area contributed by atoms with Gasteiger partial charge in [-0.25, -0.2) is 0 Å².